The number of hydrogen-bond donors (Lipinski definition) is 1. The van der Waals surface area contributed by atoms with Gasteiger partial charge >= 0.3 is 0 Å². The summed E-state index contributed by atoms with van der Waals surface area (Å²) in [4.78, 5) is 8.95. The van der Waals surface area contributed by atoms with Crippen molar-refractivity contribution >= 4 is 21.7 Å². The maximum absolute atomic E-state index is 13.1. The van der Waals surface area contributed by atoms with Gasteiger partial charge in [-0.25, -0.2) is 14.4 Å². The summed E-state index contributed by atoms with van der Waals surface area (Å²) in [7, 11) is 0. The molecule has 0 unspecified atom stereocenters. The van der Waals surface area contributed by atoms with Crippen LogP contribution in [0.4, 0.5) is 10.2 Å². The van der Waals surface area contributed by atoms with Crippen molar-refractivity contribution < 1.29 is 4.39 Å². The van der Waals surface area contributed by atoms with Crippen LogP contribution < -0.4 is 5.73 Å². The third-order valence-corrected chi connectivity index (χ3v) is 4.04. The van der Waals surface area contributed by atoms with Crippen molar-refractivity contribution in [1.29, 1.82) is 0 Å². The number of aromatic nitrogens is 2. The Morgan fingerprint density at radius 1 is 1.16 bits per heavy atom. The largest absolute Gasteiger partial charge is 0.383 e. The van der Waals surface area contributed by atoms with Gasteiger partial charge in [0.25, 0.3) is 0 Å². The van der Waals surface area contributed by atoms with Gasteiger partial charge < -0.3 is 5.73 Å². The topological polar surface area (TPSA) is 51.8 Å². The molecule has 0 spiro atoms. The van der Waals surface area contributed by atoms with E-state index >= 15 is 0 Å². The van der Waals surface area contributed by atoms with Crippen LogP contribution in [-0.4, -0.2) is 9.97 Å². The van der Waals surface area contributed by atoms with Crippen LogP contribution in [0.1, 0.15) is 24.1 Å². The van der Waals surface area contributed by atoms with E-state index in [4.69, 9.17) is 5.73 Å². The number of nitrogen functional groups attached to an aromatic ring is 1. The second-order valence-electron chi connectivity index (χ2n) is 4.69. The summed E-state index contributed by atoms with van der Waals surface area (Å²) in [5.41, 5.74) is 8.89. The Hall–Kier alpha value is -1.49. The van der Waals surface area contributed by atoms with Crippen molar-refractivity contribution in [2.24, 2.45) is 0 Å². The smallest absolute Gasteiger partial charge is 0.162 e. The molecular formula is C14H13BrFN3. The molecular weight excluding hydrogens is 309 g/mol. The Bertz CT molecular complexity index is 643. The molecule has 0 saturated carbocycles. The Morgan fingerprint density at radius 3 is 2.74 bits per heavy atom. The first-order valence-corrected chi connectivity index (χ1v) is 7.05. The number of hydrogen-bond acceptors (Lipinski definition) is 3. The molecule has 3 rings (SSSR count). The van der Waals surface area contributed by atoms with Crippen LogP contribution in [0.15, 0.2) is 22.7 Å². The lowest BCUT2D eigenvalue weighted by Gasteiger charge is -2.17. The molecule has 1 aliphatic carbocycles. The number of halogens is 2. The molecule has 0 fully saturated rings. The van der Waals surface area contributed by atoms with Crippen molar-refractivity contribution in [3.8, 4) is 11.4 Å². The molecule has 2 aromatic rings. The third-order valence-electron chi connectivity index (χ3n) is 3.39. The van der Waals surface area contributed by atoms with Crippen molar-refractivity contribution in [3.05, 3.63) is 39.7 Å². The first kappa shape index (κ1) is 12.5. The fourth-order valence-electron chi connectivity index (χ4n) is 2.41. The van der Waals surface area contributed by atoms with E-state index in [1.54, 1.807) is 6.07 Å². The van der Waals surface area contributed by atoms with E-state index < -0.39 is 0 Å². The van der Waals surface area contributed by atoms with E-state index in [0.717, 1.165) is 42.5 Å². The summed E-state index contributed by atoms with van der Waals surface area (Å²) in [6.07, 6.45) is 4.16. The van der Waals surface area contributed by atoms with Crippen molar-refractivity contribution in [1.82, 2.24) is 9.97 Å². The van der Waals surface area contributed by atoms with Gasteiger partial charge in [0.05, 0.1) is 0 Å². The first-order chi connectivity index (χ1) is 9.15. The molecule has 98 valence electrons. The van der Waals surface area contributed by atoms with Crippen LogP contribution in [0.5, 0.6) is 0 Å². The normalized spacial score (nSPS) is 14.2. The zero-order valence-corrected chi connectivity index (χ0v) is 11.9. The van der Waals surface area contributed by atoms with Crippen LogP contribution in [0.2, 0.25) is 0 Å². The van der Waals surface area contributed by atoms with Gasteiger partial charge in [-0.1, -0.05) is 0 Å². The number of nitrogens with two attached hydrogens (primary N) is 1. The quantitative estimate of drug-likeness (QED) is 0.874. The van der Waals surface area contributed by atoms with Crippen LogP contribution in [0, 0.1) is 5.82 Å². The molecule has 0 bridgehead atoms. The Labute approximate surface area is 119 Å². The van der Waals surface area contributed by atoms with E-state index in [-0.39, 0.29) is 5.82 Å². The van der Waals surface area contributed by atoms with E-state index in [1.807, 2.05) is 0 Å². The lowest BCUT2D eigenvalue weighted by atomic mass is 9.96. The molecule has 1 heterocycles. The van der Waals surface area contributed by atoms with E-state index in [9.17, 15) is 4.39 Å². The molecule has 1 aliphatic rings. The van der Waals surface area contributed by atoms with Crippen molar-refractivity contribution in [2.75, 3.05) is 5.73 Å². The maximum atomic E-state index is 13.1. The molecule has 0 amide bonds. The molecule has 0 radical (unpaired) electrons. The highest BCUT2D eigenvalue weighted by Gasteiger charge is 2.17. The van der Waals surface area contributed by atoms with Gasteiger partial charge in [-0.2, -0.15) is 0 Å². The Balaban J connectivity index is 2.13. The van der Waals surface area contributed by atoms with Gasteiger partial charge in [-0.05, 0) is 59.8 Å². The number of nitrogens with zero attached hydrogens (tertiary/aromatic N) is 2. The van der Waals surface area contributed by atoms with E-state index in [2.05, 4.69) is 25.9 Å². The maximum Gasteiger partial charge on any atom is 0.162 e. The van der Waals surface area contributed by atoms with Crippen LogP contribution >= 0.6 is 15.9 Å². The molecule has 0 atom stereocenters. The molecule has 0 saturated heterocycles. The van der Waals surface area contributed by atoms with E-state index in [1.165, 1.54) is 12.1 Å². The van der Waals surface area contributed by atoms with Crippen LogP contribution in [-0.2, 0) is 12.8 Å². The Kier molecular flexibility index (Phi) is 3.22. The molecule has 0 aliphatic heterocycles. The minimum absolute atomic E-state index is 0.290. The number of fused-ring (bicyclic) bond motifs is 1. The monoisotopic (exact) mass is 321 g/mol. The fourth-order valence-corrected chi connectivity index (χ4v) is 2.94. The second-order valence-corrected chi connectivity index (χ2v) is 5.54. The summed E-state index contributed by atoms with van der Waals surface area (Å²) < 4.78 is 13.8. The Morgan fingerprint density at radius 2 is 1.95 bits per heavy atom. The number of aryl methyl sites for hydroxylation is 1. The lowest BCUT2D eigenvalue weighted by molar-refractivity contribution is 0.627. The molecule has 19 heavy (non-hydrogen) atoms. The van der Waals surface area contributed by atoms with Gasteiger partial charge in [0.1, 0.15) is 11.6 Å². The molecule has 3 nitrogen and oxygen atoms in total. The molecule has 1 aromatic heterocycles. The highest BCUT2D eigenvalue weighted by molar-refractivity contribution is 9.10. The summed E-state index contributed by atoms with van der Waals surface area (Å²) >= 11 is 3.34. The van der Waals surface area contributed by atoms with E-state index in [0.29, 0.717) is 16.1 Å². The van der Waals surface area contributed by atoms with Gasteiger partial charge in [0.15, 0.2) is 5.82 Å². The number of rotatable bonds is 1. The highest BCUT2D eigenvalue weighted by atomic mass is 79.9. The molecule has 5 heteroatoms. The fraction of sp³-hybridized carbons (Fsp3) is 0.286. The van der Waals surface area contributed by atoms with Crippen LogP contribution in [0.25, 0.3) is 11.4 Å². The number of anilines is 1. The first-order valence-electron chi connectivity index (χ1n) is 6.26. The summed E-state index contributed by atoms with van der Waals surface area (Å²) in [5.74, 6) is 0.822. The SMILES string of the molecule is Nc1nc(-c2ccc(F)cc2Br)nc2c1CCCC2. The summed E-state index contributed by atoms with van der Waals surface area (Å²) in [5, 5.41) is 0. The third kappa shape index (κ3) is 2.34. The zero-order chi connectivity index (χ0) is 13.4. The minimum Gasteiger partial charge on any atom is -0.383 e. The standard InChI is InChI=1S/C14H13BrFN3/c15-11-7-8(16)5-6-9(11)14-18-12-4-2-1-3-10(12)13(17)19-14/h5-7H,1-4H2,(H2,17,18,19). The summed E-state index contributed by atoms with van der Waals surface area (Å²) in [6, 6.07) is 4.48. The van der Waals surface area contributed by atoms with Crippen molar-refractivity contribution in [2.45, 2.75) is 25.7 Å². The second kappa shape index (κ2) is 4.89. The van der Waals surface area contributed by atoms with Gasteiger partial charge in [-0.3, -0.25) is 0 Å². The average molecular weight is 322 g/mol. The molecule has 1 aromatic carbocycles. The van der Waals surface area contributed by atoms with Crippen LogP contribution in [0.3, 0.4) is 0 Å². The van der Waals surface area contributed by atoms with Crippen molar-refractivity contribution in [3.63, 3.8) is 0 Å². The minimum atomic E-state index is -0.290. The summed E-state index contributed by atoms with van der Waals surface area (Å²) in [6.45, 7) is 0. The van der Waals surface area contributed by atoms with Gasteiger partial charge in [-0.15, -0.1) is 0 Å². The lowest BCUT2D eigenvalue weighted by Crippen LogP contribution is -2.11. The molecule has 2 N–H and O–H groups in total. The highest BCUT2D eigenvalue weighted by Crippen LogP contribution is 2.30. The zero-order valence-electron chi connectivity index (χ0n) is 10.3. The average Bonchev–Trinajstić information content (AvgIpc) is 2.38. The number of benzene rings is 1. The van der Waals surface area contributed by atoms with Gasteiger partial charge in [0, 0.05) is 21.3 Å². The van der Waals surface area contributed by atoms with Gasteiger partial charge in [0.2, 0.25) is 0 Å². The predicted octanol–water partition coefficient (Wildman–Crippen LogP) is 3.51. The predicted molar refractivity (Wildman–Crippen MR) is 76.2 cm³/mol.